The zero-order valence-electron chi connectivity index (χ0n) is 10.2. The summed E-state index contributed by atoms with van der Waals surface area (Å²) in [5, 5.41) is 2.58. The van der Waals surface area contributed by atoms with E-state index < -0.39 is 11.7 Å². The number of rotatable bonds is 3. The molecule has 19 heavy (non-hydrogen) atoms. The molecule has 6 heteroatoms. The van der Waals surface area contributed by atoms with Crippen LogP contribution < -0.4 is 15.8 Å². The number of aromatic nitrogens is 1. The lowest BCUT2D eigenvalue weighted by molar-refractivity contribution is 0.102. The fourth-order valence-corrected chi connectivity index (χ4v) is 1.54. The smallest absolute Gasteiger partial charge is 0.259 e. The van der Waals surface area contributed by atoms with Gasteiger partial charge < -0.3 is 15.8 Å². The molecule has 0 aliphatic heterocycles. The molecule has 3 N–H and O–H groups in total. The van der Waals surface area contributed by atoms with Crippen LogP contribution in [-0.2, 0) is 0 Å². The molecule has 0 fully saturated rings. The minimum absolute atomic E-state index is 0.110. The lowest BCUT2D eigenvalue weighted by Crippen LogP contribution is -2.13. The van der Waals surface area contributed by atoms with Gasteiger partial charge in [-0.1, -0.05) is 0 Å². The van der Waals surface area contributed by atoms with Crippen molar-refractivity contribution in [1.29, 1.82) is 0 Å². The van der Waals surface area contributed by atoms with Crippen LogP contribution in [0.1, 0.15) is 10.4 Å². The number of methoxy groups -OCH3 is 1. The van der Waals surface area contributed by atoms with Gasteiger partial charge in [-0.25, -0.2) is 9.37 Å². The quantitative estimate of drug-likeness (QED) is 0.886. The highest BCUT2D eigenvalue weighted by atomic mass is 19.1. The second kappa shape index (κ2) is 5.34. The van der Waals surface area contributed by atoms with Gasteiger partial charge in [-0.3, -0.25) is 4.79 Å². The first-order valence-corrected chi connectivity index (χ1v) is 5.46. The zero-order chi connectivity index (χ0) is 13.8. The number of ether oxygens (including phenoxy) is 1. The molecule has 0 bridgehead atoms. The summed E-state index contributed by atoms with van der Waals surface area (Å²) in [6.07, 6.45) is 1.42. The predicted octanol–water partition coefficient (Wildman–Crippen LogP) is 2.06. The number of carbonyl (C=O) groups excluding carboxylic acids is 1. The topological polar surface area (TPSA) is 77.2 Å². The van der Waals surface area contributed by atoms with E-state index in [9.17, 15) is 9.18 Å². The van der Waals surface area contributed by atoms with E-state index in [-0.39, 0.29) is 5.56 Å². The van der Waals surface area contributed by atoms with Crippen LogP contribution in [0.3, 0.4) is 0 Å². The van der Waals surface area contributed by atoms with Gasteiger partial charge in [-0.15, -0.1) is 0 Å². The molecular formula is C13H12FN3O2. The number of anilines is 2. The van der Waals surface area contributed by atoms with Crippen molar-refractivity contribution in [1.82, 2.24) is 4.98 Å². The average molecular weight is 261 g/mol. The SMILES string of the molecule is COc1ccc(F)cc1C(=O)Nc1ccc(N)nc1. The normalized spacial score (nSPS) is 10.0. The van der Waals surface area contributed by atoms with Crippen LogP contribution >= 0.6 is 0 Å². The Bertz CT molecular complexity index is 599. The number of nitrogens with one attached hydrogen (secondary N) is 1. The van der Waals surface area contributed by atoms with Crippen LogP contribution in [0.4, 0.5) is 15.9 Å². The predicted molar refractivity (Wildman–Crippen MR) is 69.6 cm³/mol. The number of nitrogens with zero attached hydrogens (tertiary/aromatic N) is 1. The fraction of sp³-hybridized carbons (Fsp3) is 0.0769. The van der Waals surface area contributed by atoms with E-state index in [1.807, 2.05) is 0 Å². The second-order valence-electron chi connectivity index (χ2n) is 3.77. The summed E-state index contributed by atoms with van der Waals surface area (Å²) in [6, 6.07) is 6.88. The molecular weight excluding hydrogens is 249 g/mol. The van der Waals surface area contributed by atoms with Crippen LogP contribution in [-0.4, -0.2) is 18.0 Å². The van der Waals surface area contributed by atoms with Crippen molar-refractivity contribution in [2.24, 2.45) is 0 Å². The summed E-state index contributed by atoms with van der Waals surface area (Å²) in [7, 11) is 1.41. The Hall–Kier alpha value is -2.63. The van der Waals surface area contributed by atoms with Crippen molar-refractivity contribution in [3.8, 4) is 5.75 Å². The third-order valence-corrected chi connectivity index (χ3v) is 2.45. The Balaban J connectivity index is 2.24. The van der Waals surface area contributed by atoms with Crippen LogP contribution in [0.25, 0.3) is 0 Å². The van der Waals surface area contributed by atoms with Gasteiger partial charge in [0.15, 0.2) is 0 Å². The first kappa shape index (κ1) is 12.8. The molecule has 1 heterocycles. The Morgan fingerprint density at radius 1 is 1.37 bits per heavy atom. The van der Waals surface area contributed by atoms with E-state index >= 15 is 0 Å². The molecule has 5 nitrogen and oxygen atoms in total. The zero-order valence-corrected chi connectivity index (χ0v) is 10.2. The van der Waals surface area contributed by atoms with Gasteiger partial charge in [0.2, 0.25) is 0 Å². The highest BCUT2D eigenvalue weighted by Gasteiger charge is 2.13. The number of nitrogen functional groups attached to an aromatic ring is 1. The Kier molecular flexibility index (Phi) is 3.61. The third-order valence-electron chi connectivity index (χ3n) is 2.45. The van der Waals surface area contributed by atoms with Crippen molar-refractivity contribution >= 4 is 17.4 Å². The lowest BCUT2D eigenvalue weighted by atomic mass is 10.1. The molecule has 2 aromatic rings. The van der Waals surface area contributed by atoms with E-state index in [1.165, 1.54) is 25.4 Å². The molecule has 1 amide bonds. The molecule has 0 unspecified atom stereocenters. The van der Waals surface area contributed by atoms with Gasteiger partial charge in [0.1, 0.15) is 17.4 Å². The third kappa shape index (κ3) is 2.98. The standard InChI is InChI=1S/C13H12FN3O2/c1-19-11-4-2-8(14)6-10(11)13(18)17-9-3-5-12(15)16-7-9/h2-7H,1H3,(H2,15,16)(H,17,18). The number of amides is 1. The summed E-state index contributed by atoms with van der Waals surface area (Å²) in [5.41, 5.74) is 6.01. The molecule has 0 aliphatic rings. The maximum Gasteiger partial charge on any atom is 0.259 e. The largest absolute Gasteiger partial charge is 0.496 e. The Morgan fingerprint density at radius 2 is 2.16 bits per heavy atom. The maximum absolute atomic E-state index is 13.2. The number of hydrogen-bond acceptors (Lipinski definition) is 4. The monoisotopic (exact) mass is 261 g/mol. The van der Waals surface area contributed by atoms with Crippen LogP contribution in [0, 0.1) is 5.82 Å². The Labute approximate surface area is 109 Å². The van der Waals surface area contributed by atoms with Gasteiger partial charge >= 0.3 is 0 Å². The van der Waals surface area contributed by atoms with E-state index in [2.05, 4.69) is 10.3 Å². The van der Waals surface area contributed by atoms with Crippen molar-refractivity contribution in [2.75, 3.05) is 18.2 Å². The summed E-state index contributed by atoms with van der Waals surface area (Å²) < 4.78 is 18.2. The number of nitrogens with two attached hydrogens (primary N) is 1. The fourth-order valence-electron chi connectivity index (χ4n) is 1.54. The molecule has 0 radical (unpaired) electrons. The highest BCUT2D eigenvalue weighted by molar-refractivity contribution is 6.06. The number of halogens is 1. The van der Waals surface area contributed by atoms with Crippen molar-refractivity contribution < 1.29 is 13.9 Å². The van der Waals surface area contributed by atoms with E-state index in [1.54, 1.807) is 12.1 Å². The van der Waals surface area contributed by atoms with Crippen LogP contribution in [0.15, 0.2) is 36.5 Å². The number of hydrogen-bond donors (Lipinski definition) is 2. The Morgan fingerprint density at radius 3 is 2.79 bits per heavy atom. The number of carbonyl (C=O) groups is 1. The van der Waals surface area contributed by atoms with Gasteiger partial charge in [0.25, 0.3) is 5.91 Å². The number of benzene rings is 1. The molecule has 0 atom stereocenters. The first-order chi connectivity index (χ1) is 9.10. The minimum atomic E-state index is -0.513. The van der Waals surface area contributed by atoms with Crippen molar-refractivity contribution in [3.63, 3.8) is 0 Å². The molecule has 98 valence electrons. The van der Waals surface area contributed by atoms with Crippen molar-refractivity contribution in [2.45, 2.75) is 0 Å². The van der Waals surface area contributed by atoms with E-state index in [4.69, 9.17) is 10.5 Å². The average Bonchev–Trinajstić information content (AvgIpc) is 2.41. The van der Waals surface area contributed by atoms with Crippen LogP contribution in [0.5, 0.6) is 5.75 Å². The molecule has 0 aliphatic carbocycles. The molecule has 0 saturated heterocycles. The molecule has 2 rings (SSSR count). The van der Waals surface area contributed by atoms with Gasteiger partial charge in [-0.05, 0) is 30.3 Å². The molecule has 0 saturated carbocycles. The molecule has 0 spiro atoms. The summed E-state index contributed by atoms with van der Waals surface area (Å²) in [4.78, 5) is 15.9. The van der Waals surface area contributed by atoms with Gasteiger partial charge in [0.05, 0.1) is 24.6 Å². The van der Waals surface area contributed by atoms with Gasteiger partial charge in [0, 0.05) is 0 Å². The minimum Gasteiger partial charge on any atom is -0.496 e. The summed E-state index contributed by atoms with van der Waals surface area (Å²) >= 11 is 0. The van der Waals surface area contributed by atoms with E-state index in [0.717, 1.165) is 6.07 Å². The lowest BCUT2D eigenvalue weighted by Gasteiger charge is -2.09. The first-order valence-electron chi connectivity index (χ1n) is 5.46. The number of pyridine rings is 1. The van der Waals surface area contributed by atoms with Crippen LogP contribution in [0.2, 0.25) is 0 Å². The second-order valence-corrected chi connectivity index (χ2v) is 3.77. The highest BCUT2D eigenvalue weighted by Crippen LogP contribution is 2.20. The van der Waals surface area contributed by atoms with Crippen molar-refractivity contribution in [3.05, 3.63) is 47.9 Å². The summed E-state index contributed by atoms with van der Waals surface area (Å²) in [6.45, 7) is 0. The molecule has 1 aromatic heterocycles. The maximum atomic E-state index is 13.2. The summed E-state index contributed by atoms with van der Waals surface area (Å²) in [5.74, 6) is -0.354. The van der Waals surface area contributed by atoms with Gasteiger partial charge in [-0.2, -0.15) is 0 Å². The van der Waals surface area contributed by atoms with E-state index in [0.29, 0.717) is 17.3 Å². The molecule has 1 aromatic carbocycles.